The number of aromatic nitrogens is 4. The number of nitrogens with zero attached hydrogens (tertiary/aromatic N) is 3. The Morgan fingerprint density at radius 3 is 2.78 bits per heavy atom. The highest BCUT2D eigenvalue weighted by molar-refractivity contribution is 7.89. The minimum absolute atomic E-state index is 0.0763. The van der Waals surface area contributed by atoms with Crippen molar-refractivity contribution in [3.05, 3.63) is 5.82 Å². The van der Waals surface area contributed by atoms with E-state index in [4.69, 9.17) is 0 Å². The van der Waals surface area contributed by atoms with Gasteiger partial charge in [0.05, 0.1) is 12.3 Å². The number of H-pyrrole nitrogens is 1. The number of hydrogen-bond acceptors (Lipinski definition) is 6. The molecule has 0 bridgehead atoms. The molecule has 0 amide bonds. The Hall–Kier alpha value is -1.06. The molecule has 0 aromatic carbocycles. The molecule has 1 rings (SSSR count). The minimum atomic E-state index is -3.25. The summed E-state index contributed by atoms with van der Waals surface area (Å²) < 4.78 is 25.6. The minimum Gasteiger partial charge on any atom is -0.317 e. The van der Waals surface area contributed by atoms with Gasteiger partial charge in [-0.05, 0) is 32.4 Å². The van der Waals surface area contributed by atoms with E-state index in [1.807, 2.05) is 0 Å². The zero-order chi connectivity index (χ0) is 13.3. The lowest BCUT2D eigenvalue weighted by Crippen LogP contribution is -2.27. The van der Waals surface area contributed by atoms with Crippen LogP contribution in [0.3, 0.4) is 0 Å². The number of sulfonamides is 1. The first-order chi connectivity index (χ1) is 8.64. The highest BCUT2D eigenvalue weighted by atomic mass is 32.2. The molecule has 0 radical (unpaired) electrons. The van der Waals surface area contributed by atoms with E-state index in [1.165, 1.54) is 0 Å². The van der Waals surface area contributed by atoms with E-state index >= 15 is 0 Å². The van der Waals surface area contributed by atoms with Crippen molar-refractivity contribution >= 4 is 10.0 Å². The molecule has 1 aromatic rings. The summed E-state index contributed by atoms with van der Waals surface area (Å²) in [6.45, 7) is 4.00. The van der Waals surface area contributed by atoms with Crippen LogP contribution in [0.1, 0.15) is 32.0 Å². The normalized spacial score (nSPS) is 11.8. The lowest BCUT2D eigenvalue weighted by atomic mass is 10.3. The van der Waals surface area contributed by atoms with Crippen LogP contribution in [-0.2, 0) is 16.6 Å². The standard InChI is InChI=1S/C9H20N6O2S/c1-2-5-10-6-3-4-7-18(16,17)11-8-9-12-14-15-13-9/h10-11H,2-8H2,1H3,(H,12,13,14,15). The van der Waals surface area contributed by atoms with E-state index in [9.17, 15) is 8.42 Å². The van der Waals surface area contributed by atoms with Gasteiger partial charge in [-0.15, -0.1) is 10.2 Å². The lowest BCUT2D eigenvalue weighted by molar-refractivity contribution is 0.571. The van der Waals surface area contributed by atoms with Crippen LogP contribution in [0.5, 0.6) is 0 Å². The van der Waals surface area contributed by atoms with Gasteiger partial charge >= 0.3 is 0 Å². The van der Waals surface area contributed by atoms with Gasteiger partial charge in [0.25, 0.3) is 0 Å². The molecule has 18 heavy (non-hydrogen) atoms. The molecular weight excluding hydrogens is 256 g/mol. The maximum absolute atomic E-state index is 11.6. The third-order valence-electron chi connectivity index (χ3n) is 2.28. The molecular formula is C9H20N6O2S. The first-order valence-corrected chi connectivity index (χ1v) is 7.69. The summed E-state index contributed by atoms with van der Waals surface area (Å²) in [6, 6.07) is 0. The fraction of sp³-hybridized carbons (Fsp3) is 0.889. The summed E-state index contributed by atoms with van der Waals surface area (Å²) in [5.41, 5.74) is 0. The Bertz CT molecular complexity index is 405. The summed E-state index contributed by atoms with van der Waals surface area (Å²) in [5.74, 6) is 0.460. The Labute approximate surface area is 107 Å². The van der Waals surface area contributed by atoms with Gasteiger partial charge in [-0.1, -0.05) is 12.1 Å². The van der Waals surface area contributed by atoms with E-state index in [0.29, 0.717) is 12.2 Å². The van der Waals surface area contributed by atoms with Gasteiger partial charge in [-0.3, -0.25) is 0 Å². The molecule has 1 aromatic heterocycles. The number of hydrogen-bond donors (Lipinski definition) is 3. The average Bonchev–Trinajstić information content (AvgIpc) is 2.84. The number of unbranched alkanes of at least 4 members (excludes halogenated alkanes) is 1. The van der Waals surface area contributed by atoms with Crippen LogP contribution in [0.15, 0.2) is 0 Å². The molecule has 0 saturated heterocycles. The van der Waals surface area contributed by atoms with Crippen molar-refractivity contribution in [2.24, 2.45) is 0 Å². The van der Waals surface area contributed by atoms with Gasteiger partial charge in [0.15, 0.2) is 5.82 Å². The summed E-state index contributed by atoms with van der Waals surface area (Å²) in [7, 11) is -3.25. The molecule has 0 fully saturated rings. The molecule has 0 saturated carbocycles. The third kappa shape index (κ3) is 6.62. The summed E-state index contributed by atoms with van der Waals surface area (Å²) in [5, 5.41) is 16.2. The van der Waals surface area contributed by atoms with E-state index < -0.39 is 10.0 Å². The topological polar surface area (TPSA) is 113 Å². The summed E-state index contributed by atoms with van der Waals surface area (Å²) in [4.78, 5) is 0. The molecule has 8 nitrogen and oxygen atoms in total. The molecule has 9 heteroatoms. The van der Waals surface area contributed by atoms with Gasteiger partial charge < -0.3 is 5.32 Å². The number of rotatable bonds is 10. The largest absolute Gasteiger partial charge is 0.317 e. The van der Waals surface area contributed by atoms with Gasteiger partial charge in [-0.25, -0.2) is 13.1 Å². The summed E-state index contributed by atoms with van der Waals surface area (Å²) in [6.07, 6.45) is 2.58. The SMILES string of the molecule is CCCNCCCCS(=O)(=O)NCc1nn[nH]n1. The maximum Gasteiger partial charge on any atom is 0.212 e. The molecule has 104 valence electrons. The van der Waals surface area contributed by atoms with Crippen molar-refractivity contribution in [2.45, 2.75) is 32.7 Å². The fourth-order valence-corrected chi connectivity index (χ4v) is 2.43. The molecule has 0 unspecified atom stereocenters. The van der Waals surface area contributed by atoms with E-state index in [-0.39, 0.29) is 12.3 Å². The number of tetrazole rings is 1. The van der Waals surface area contributed by atoms with Crippen molar-refractivity contribution in [1.82, 2.24) is 30.7 Å². The predicted molar refractivity (Wildman–Crippen MR) is 67.2 cm³/mol. The Morgan fingerprint density at radius 1 is 1.28 bits per heavy atom. The van der Waals surface area contributed by atoms with Crippen molar-refractivity contribution < 1.29 is 8.42 Å². The Balaban J connectivity index is 2.12. The average molecular weight is 276 g/mol. The van der Waals surface area contributed by atoms with Gasteiger partial charge in [0.1, 0.15) is 0 Å². The molecule has 0 spiro atoms. The van der Waals surface area contributed by atoms with Crippen molar-refractivity contribution in [2.75, 3.05) is 18.8 Å². The van der Waals surface area contributed by atoms with Crippen LogP contribution in [0.2, 0.25) is 0 Å². The quantitative estimate of drug-likeness (QED) is 0.492. The second-order valence-electron chi connectivity index (χ2n) is 3.93. The monoisotopic (exact) mass is 276 g/mol. The molecule has 0 aliphatic heterocycles. The Morgan fingerprint density at radius 2 is 2.11 bits per heavy atom. The maximum atomic E-state index is 11.6. The summed E-state index contributed by atoms with van der Waals surface area (Å²) >= 11 is 0. The van der Waals surface area contributed by atoms with Crippen LogP contribution in [0.25, 0.3) is 0 Å². The van der Waals surface area contributed by atoms with Crippen molar-refractivity contribution in [3.63, 3.8) is 0 Å². The van der Waals surface area contributed by atoms with Gasteiger partial charge in [0.2, 0.25) is 10.0 Å². The second-order valence-corrected chi connectivity index (χ2v) is 5.85. The van der Waals surface area contributed by atoms with E-state index in [1.54, 1.807) is 0 Å². The Kier molecular flexibility index (Phi) is 6.76. The molecule has 0 atom stereocenters. The predicted octanol–water partition coefficient (Wildman–Crippen LogP) is -0.601. The van der Waals surface area contributed by atoms with E-state index in [2.05, 4.69) is 37.6 Å². The van der Waals surface area contributed by atoms with Crippen LogP contribution in [-0.4, -0.2) is 47.9 Å². The highest BCUT2D eigenvalue weighted by Gasteiger charge is 2.10. The number of nitrogens with one attached hydrogen (secondary N) is 3. The fourth-order valence-electron chi connectivity index (χ4n) is 1.35. The smallest absolute Gasteiger partial charge is 0.212 e. The first-order valence-electron chi connectivity index (χ1n) is 6.04. The second kappa shape index (κ2) is 8.11. The van der Waals surface area contributed by atoms with Crippen LogP contribution >= 0.6 is 0 Å². The molecule has 0 aliphatic carbocycles. The first kappa shape index (κ1) is 15.0. The molecule has 3 N–H and O–H groups in total. The van der Waals surface area contributed by atoms with E-state index in [0.717, 1.165) is 25.9 Å². The lowest BCUT2D eigenvalue weighted by Gasteiger charge is -2.05. The van der Waals surface area contributed by atoms with Gasteiger partial charge in [-0.2, -0.15) is 5.21 Å². The molecule has 1 heterocycles. The molecule has 0 aliphatic rings. The zero-order valence-electron chi connectivity index (χ0n) is 10.5. The van der Waals surface area contributed by atoms with Crippen LogP contribution in [0, 0.1) is 0 Å². The van der Waals surface area contributed by atoms with Crippen molar-refractivity contribution in [3.8, 4) is 0 Å². The highest BCUT2D eigenvalue weighted by Crippen LogP contribution is 1.95. The van der Waals surface area contributed by atoms with Crippen molar-refractivity contribution in [1.29, 1.82) is 0 Å². The van der Waals surface area contributed by atoms with Gasteiger partial charge in [0, 0.05) is 0 Å². The zero-order valence-corrected chi connectivity index (χ0v) is 11.3. The third-order valence-corrected chi connectivity index (χ3v) is 3.69. The van der Waals surface area contributed by atoms with Crippen LogP contribution < -0.4 is 10.0 Å². The van der Waals surface area contributed by atoms with Crippen LogP contribution in [0.4, 0.5) is 0 Å². The number of aromatic amines is 1.